The third kappa shape index (κ3) is 2.51. The van der Waals surface area contributed by atoms with Gasteiger partial charge in [-0.2, -0.15) is 0 Å². The number of carbonyl (C=O) groups excluding carboxylic acids is 1. The van der Waals surface area contributed by atoms with E-state index in [0.29, 0.717) is 17.8 Å². The van der Waals surface area contributed by atoms with Crippen LogP contribution in [0.15, 0.2) is 12.1 Å². The maximum Gasteiger partial charge on any atom is 0.338 e. The van der Waals surface area contributed by atoms with Crippen molar-refractivity contribution in [3.63, 3.8) is 0 Å². The zero-order chi connectivity index (χ0) is 14.9. The number of aromatic nitrogens is 3. The Morgan fingerprint density at radius 1 is 1.25 bits per heavy atom. The van der Waals surface area contributed by atoms with Gasteiger partial charge in [0.15, 0.2) is 5.65 Å². The molecule has 2 heterocycles. The highest BCUT2D eigenvalue weighted by molar-refractivity contribution is 5.90. The minimum atomic E-state index is -0.398. The molecule has 0 unspecified atom stereocenters. The molecule has 0 atom stereocenters. The first-order valence-electron chi connectivity index (χ1n) is 6.34. The van der Waals surface area contributed by atoms with Crippen LogP contribution in [0, 0.1) is 0 Å². The minimum absolute atomic E-state index is 0.158. The highest BCUT2D eigenvalue weighted by atomic mass is 16.5. The predicted octanol–water partition coefficient (Wildman–Crippen LogP) is 1.96. The number of rotatable bonds is 3. The molecule has 0 aliphatic rings. The molecule has 6 heteroatoms. The molecule has 0 saturated carbocycles. The van der Waals surface area contributed by atoms with Crippen molar-refractivity contribution >= 4 is 11.6 Å². The summed E-state index contributed by atoms with van der Waals surface area (Å²) in [5.41, 5.74) is 1.72. The molecule has 0 bridgehead atoms. The summed E-state index contributed by atoms with van der Waals surface area (Å²) in [6, 6.07) is 3.42. The van der Waals surface area contributed by atoms with Crippen LogP contribution in [0.5, 0.6) is 0 Å². The highest BCUT2D eigenvalue weighted by Crippen LogP contribution is 2.23. The summed E-state index contributed by atoms with van der Waals surface area (Å²) >= 11 is 0. The van der Waals surface area contributed by atoms with Gasteiger partial charge in [-0.15, -0.1) is 10.2 Å². The fourth-order valence-corrected chi connectivity index (χ4v) is 2.07. The number of hydrogen-bond donors (Lipinski definition) is 0. The van der Waals surface area contributed by atoms with Gasteiger partial charge < -0.3 is 9.47 Å². The summed E-state index contributed by atoms with van der Waals surface area (Å²) < 4.78 is 11.9. The molecule has 0 fully saturated rings. The quantitative estimate of drug-likeness (QED) is 0.802. The summed E-state index contributed by atoms with van der Waals surface area (Å²) in [4.78, 5) is 11.7. The van der Waals surface area contributed by atoms with Crippen LogP contribution in [0.3, 0.4) is 0 Å². The van der Waals surface area contributed by atoms with Crippen molar-refractivity contribution in [2.75, 3.05) is 14.2 Å². The number of carbonyl (C=O) groups is 1. The molecule has 2 aromatic heterocycles. The second kappa shape index (κ2) is 5.20. The molecule has 2 rings (SSSR count). The number of fused-ring (bicyclic) bond motifs is 1. The van der Waals surface area contributed by atoms with E-state index in [1.54, 1.807) is 19.2 Å². The Kier molecular flexibility index (Phi) is 3.76. The maximum absolute atomic E-state index is 11.7. The topological polar surface area (TPSA) is 65.7 Å². The molecule has 108 valence electrons. The number of esters is 1. The predicted molar refractivity (Wildman–Crippen MR) is 73.7 cm³/mol. The molecule has 0 aliphatic heterocycles. The smallest absolute Gasteiger partial charge is 0.338 e. The molecule has 6 nitrogen and oxygen atoms in total. The monoisotopic (exact) mass is 277 g/mol. The van der Waals surface area contributed by atoms with E-state index < -0.39 is 5.97 Å². The van der Waals surface area contributed by atoms with Crippen molar-refractivity contribution in [2.45, 2.75) is 32.8 Å². The number of hydrogen-bond acceptors (Lipinski definition) is 5. The van der Waals surface area contributed by atoms with Gasteiger partial charge in [-0.25, -0.2) is 4.79 Å². The molecule has 0 amide bonds. The molecule has 2 aromatic rings. The summed E-state index contributed by atoms with van der Waals surface area (Å²) in [5, 5.41) is 8.40. The van der Waals surface area contributed by atoms with Gasteiger partial charge in [0.25, 0.3) is 0 Å². The number of methoxy groups -OCH3 is 2. The van der Waals surface area contributed by atoms with E-state index in [1.165, 1.54) is 7.11 Å². The molecule has 0 radical (unpaired) electrons. The first kappa shape index (κ1) is 14.5. The van der Waals surface area contributed by atoms with E-state index in [-0.39, 0.29) is 5.41 Å². The largest absolute Gasteiger partial charge is 0.465 e. The Bertz CT molecular complexity index is 641. The third-order valence-electron chi connectivity index (χ3n) is 2.97. The third-order valence-corrected chi connectivity index (χ3v) is 2.97. The zero-order valence-electron chi connectivity index (χ0n) is 12.4. The van der Waals surface area contributed by atoms with Crippen molar-refractivity contribution in [2.24, 2.45) is 0 Å². The van der Waals surface area contributed by atoms with Gasteiger partial charge in [0.1, 0.15) is 5.82 Å². The van der Waals surface area contributed by atoms with Crippen LogP contribution in [-0.2, 0) is 21.5 Å². The lowest BCUT2D eigenvalue weighted by Crippen LogP contribution is -2.18. The van der Waals surface area contributed by atoms with Gasteiger partial charge >= 0.3 is 5.97 Å². The van der Waals surface area contributed by atoms with Crippen LogP contribution in [-0.4, -0.2) is 34.8 Å². The zero-order valence-corrected chi connectivity index (χ0v) is 12.4. The Morgan fingerprint density at radius 3 is 2.50 bits per heavy atom. The van der Waals surface area contributed by atoms with Gasteiger partial charge in [0, 0.05) is 12.5 Å². The molecule has 0 spiro atoms. The van der Waals surface area contributed by atoms with Crippen LogP contribution >= 0.6 is 0 Å². The fraction of sp³-hybridized carbons (Fsp3) is 0.500. The Morgan fingerprint density at radius 2 is 1.95 bits per heavy atom. The second-order valence-corrected chi connectivity index (χ2v) is 5.63. The summed E-state index contributed by atoms with van der Waals surface area (Å²) in [6.07, 6.45) is 0. The molecular weight excluding hydrogens is 258 g/mol. The number of ether oxygens (including phenoxy) is 2. The number of pyridine rings is 1. The average molecular weight is 277 g/mol. The maximum atomic E-state index is 11.7. The first-order chi connectivity index (χ1) is 9.38. The van der Waals surface area contributed by atoms with Crippen LogP contribution < -0.4 is 0 Å². The van der Waals surface area contributed by atoms with Gasteiger partial charge in [0.05, 0.1) is 25.0 Å². The lowest BCUT2D eigenvalue weighted by molar-refractivity contribution is 0.0600. The van der Waals surface area contributed by atoms with E-state index in [4.69, 9.17) is 9.47 Å². The second-order valence-electron chi connectivity index (χ2n) is 5.63. The number of nitrogens with zero attached hydrogens (tertiary/aromatic N) is 3. The lowest BCUT2D eigenvalue weighted by Gasteiger charge is -2.18. The molecule has 0 N–H and O–H groups in total. The van der Waals surface area contributed by atoms with Gasteiger partial charge in [-0.05, 0) is 12.1 Å². The van der Waals surface area contributed by atoms with Crippen molar-refractivity contribution in [1.82, 2.24) is 14.6 Å². The highest BCUT2D eigenvalue weighted by Gasteiger charge is 2.23. The van der Waals surface area contributed by atoms with E-state index in [0.717, 1.165) is 11.5 Å². The fourth-order valence-electron chi connectivity index (χ4n) is 2.07. The first-order valence-corrected chi connectivity index (χ1v) is 6.34. The standard InChI is InChI=1S/C14H19N3O3/c1-14(2,3)13-16-15-11-7-9(12(18)20-5)6-10(8-19-4)17(11)13/h6-7H,8H2,1-5H3. The van der Waals surface area contributed by atoms with Crippen molar-refractivity contribution < 1.29 is 14.3 Å². The minimum Gasteiger partial charge on any atom is -0.465 e. The van der Waals surface area contributed by atoms with E-state index in [2.05, 4.69) is 31.0 Å². The normalized spacial score (nSPS) is 11.8. The van der Waals surface area contributed by atoms with Gasteiger partial charge in [0.2, 0.25) is 0 Å². The molecule has 20 heavy (non-hydrogen) atoms. The van der Waals surface area contributed by atoms with Crippen LogP contribution in [0.25, 0.3) is 5.65 Å². The summed E-state index contributed by atoms with van der Waals surface area (Å²) in [5.74, 6) is 0.432. The molecular formula is C14H19N3O3. The SMILES string of the molecule is COCc1cc(C(=O)OC)cc2nnc(C(C)(C)C)n12. The lowest BCUT2D eigenvalue weighted by atomic mass is 9.95. The van der Waals surface area contributed by atoms with Crippen LogP contribution in [0.4, 0.5) is 0 Å². The van der Waals surface area contributed by atoms with Crippen LogP contribution in [0.1, 0.15) is 42.6 Å². The van der Waals surface area contributed by atoms with E-state index in [1.807, 2.05) is 4.40 Å². The van der Waals surface area contributed by atoms with Crippen molar-refractivity contribution in [3.8, 4) is 0 Å². The molecule has 0 aliphatic carbocycles. The Hall–Kier alpha value is -1.95. The van der Waals surface area contributed by atoms with Gasteiger partial charge in [-0.3, -0.25) is 4.40 Å². The van der Waals surface area contributed by atoms with Crippen molar-refractivity contribution in [3.05, 3.63) is 29.2 Å². The Balaban J connectivity index is 2.71. The van der Waals surface area contributed by atoms with Gasteiger partial charge in [-0.1, -0.05) is 20.8 Å². The molecule has 0 saturated heterocycles. The van der Waals surface area contributed by atoms with E-state index >= 15 is 0 Å². The average Bonchev–Trinajstić information content (AvgIpc) is 2.82. The van der Waals surface area contributed by atoms with Crippen molar-refractivity contribution in [1.29, 1.82) is 0 Å². The van der Waals surface area contributed by atoms with Crippen LogP contribution in [0.2, 0.25) is 0 Å². The Labute approximate surface area is 117 Å². The summed E-state index contributed by atoms with van der Waals surface area (Å²) in [6.45, 7) is 6.55. The molecule has 0 aromatic carbocycles. The summed E-state index contributed by atoms with van der Waals surface area (Å²) in [7, 11) is 2.96. The van der Waals surface area contributed by atoms with E-state index in [9.17, 15) is 4.79 Å².